The molecule has 1 aromatic rings. The van der Waals surface area contributed by atoms with Crippen molar-refractivity contribution in [3.05, 3.63) is 35.4 Å². The first-order valence-electron chi connectivity index (χ1n) is 5.16. The smallest absolute Gasteiger partial charge is 0.0208 e. The van der Waals surface area contributed by atoms with Crippen LogP contribution in [0, 0.1) is 6.92 Å². The van der Waals surface area contributed by atoms with Crippen LogP contribution in [0.2, 0.25) is 0 Å². The van der Waals surface area contributed by atoms with E-state index in [4.69, 9.17) is 0 Å². The van der Waals surface area contributed by atoms with Gasteiger partial charge in [0.1, 0.15) is 0 Å². The molecule has 0 aliphatic rings. The highest BCUT2D eigenvalue weighted by molar-refractivity contribution is 9.09. The van der Waals surface area contributed by atoms with E-state index in [1.54, 1.807) is 0 Å². The lowest BCUT2D eigenvalue weighted by Gasteiger charge is -2.06. The quantitative estimate of drug-likeness (QED) is 0.608. The van der Waals surface area contributed by atoms with E-state index >= 15 is 0 Å². The molecule has 0 unspecified atom stereocenters. The SMILES string of the molecule is Cc1ccccc1CNCCCCBr. The number of aryl methyl sites for hydroxylation is 1. The van der Waals surface area contributed by atoms with E-state index < -0.39 is 0 Å². The highest BCUT2D eigenvalue weighted by Crippen LogP contribution is 2.05. The van der Waals surface area contributed by atoms with Gasteiger partial charge in [-0.15, -0.1) is 0 Å². The van der Waals surface area contributed by atoms with Crippen LogP contribution in [0.5, 0.6) is 0 Å². The van der Waals surface area contributed by atoms with Crippen molar-refractivity contribution in [1.82, 2.24) is 5.32 Å². The number of alkyl halides is 1. The van der Waals surface area contributed by atoms with Crippen LogP contribution < -0.4 is 5.32 Å². The molecule has 0 fully saturated rings. The molecule has 0 spiro atoms. The molecule has 2 heteroatoms. The minimum Gasteiger partial charge on any atom is -0.313 e. The molecular formula is C12H18BrN. The van der Waals surface area contributed by atoms with Gasteiger partial charge in [-0.25, -0.2) is 0 Å². The Morgan fingerprint density at radius 1 is 1.21 bits per heavy atom. The normalized spacial score (nSPS) is 10.4. The van der Waals surface area contributed by atoms with E-state index in [0.29, 0.717) is 0 Å². The molecule has 0 aliphatic carbocycles. The Labute approximate surface area is 95.0 Å². The maximum atomic E-state index is 3.46. The van der Waals surface area contributed by atoms with Crippen LogP contribution >= 0.6 is 15.9 Å². The summed E-state index contributed by atoms with van der Waals surface area (Å²) in [5.74, 6) is 0. The average molecular weight is 256 g/mol. The monoisotopic (exact) mass is 255 g/mol. The molecule has 1 N–H and O–H groups in total. The van der Waals surface area contributed by atoms with Gasteiger partial charge in [0.25, 0.3) is 0 Å². The number of rotatable bonds is 6. The summed E-state index contributed by atoms with van der Waals surface area (Å²) in [5.41, 5.74) is 2.78. The molecule has 0 aromatic heterocycles. The number of unbranched alkanes of at least 4 members (excludes halogenated alkanes) is 1. The first-order chi connectivity index (χ1) is 6.84. The Morgan fingerprint density at radius 2 is 2.00 bits per heavy atom. The van der Waals surface area contributed by atoms with Crippen molar-refractivity contribution in [1.29, 1.82) is 0 Å². The zero-order valence-corrected chi connectivity index (χ0v) is 10.3. The molecule has 1 aromatic carbocycles. The van der Waals surface area contributed by atoms with Gasteiger partial charge < -0.3 is 5.32 Å². The molecule has 0 heterocycles. The number of nitrogens with one attached hydrogen (secondary N) is 1. The third-order valence-electron chi connectivity index (χ3n) is 2.31. The summed E-state index contributed by atoms with van der Waals surface area (Å²) in [4.78, 5) is 0. The third kappa shape index (κ3) is 4.25. The van der Waals surface area contributed by atoms with Crippen LogP contribution in [0.25, 0.3) is 0 Å². The zero-order chi connectivity index (χ0) is 10.2. The molecule has 1 nitrogen and oxygen atoms in total. The van der Waals surface area contributed by atoms with Crippen LogP contribution in [0.3, 0.4) is 0 Å². The second-order valence-electron chi connectivity index (χ2n) is 3.50. The third-order valence-corrected chi connectivity index (χ3v) is 2.87. The van der Waals surface area contributed by atoms with Gasteiger partial charge in [0.15, 0.2) is 0 Å². The van der Waals surface area contributed by atoms with Crippen molar-refractivity contribution in [2.45, 2.75) is 26.3 Å². The van der Waals surface area contributed by atoms with Crippen LogP contribution in [-0.4, -0.2) is 11.9 Å². The Hall–Kier alpha value is -0.340. The molecule has 0 atom stereocenters. The summed E-state index contributed by atoms with van der Waals surface area (Å²) in [7, 11) is 0. The molecule has 0 radical (unpaired) electrons. The predicted molar refractivity (Wildman–Crippen MR) is 65.9 cm³/mol. The zero-order valence-electron chi connectivity index (χ0n) is 8.72. The standard InChI is InChI=1S/C12H18BrN/c1-11-6-2-3-7-12(11)10-14-9-5-4-8-13/h2-3,6-7,14H,4-5,8-10H2,1H3. The van der Waals surface area contributed by atoms with Gasteiger partial charge in [0.05, 0.1) is 0 Å². The van der Waals surface area contributed by atoms with E-state index in [9.17, 15) is 0 Å². The van der Waals surface area contributed by atoms with Crippen LogP contribution in [-0.2, 0) is 6.54 Å². The molecule has 1 rings (SSSR count). The minimum atomic E-state index is 0.995. The van der Waals surface area contributed by atoms with Gasteiger partial charge in [-0.05, 0) is 37.4 Å². The average Bonchev–Trinajstić information content (AvgIpc) is 2.20. The van der Waals surface area contributed by atoms with E-state index in [-0.39, 0.29) is 0 Å². The topological polar surface area (TPSA) is 12.0 Å². The predicted octanol–water partition coefficient (Wildman–Crippen LogP) is 3.26. The molecule has 0 amide bonds. The van der Waals surface area contributed by atoms with Gasteiger partial charge in [-0.3, -0.25) is 0 Å². The molecule has 14 heavy (non-hydrogen) atoms. The second kappa shape index (κ2) is 7.02. The van der Waals surface area contributed by atoms with Gasteiger partial charge in [0, 0.05) is 11.9 Å². The van der Waals surface area contributed by atoms with E-state index in [2.05, 4.69) is 52.4 Å². The van der Waals surface area contributed by atoms with E-state index in [1.807, 2.05) is 0 Å². The van der Waals surface area contributed by atoms with Crippen molar-refractivity contribution < 1.29 is 0 Å². The summed E-state index contributed by atoms with van der Waals surface area (Å²) in [6, 6.07) is 8.54. The molecule has 0 saturated carbocycles. The Bertz CT molecular complexity index is 260. The summed E-state index contributed by atoms with van der Waals surface area (Å²) >= 11 is 3.43. The minimum absolute atomic E-state index is 0.995. The molecular weight excluding hydrogens is 238 g/mol. The molecule has 78 valence electrons. The Morgan fingerprint density at radius 3 is 2.71 bits per heavy atom. The summed E-state index contributed by atoms with van der Waals surface area (Å²) < 4.78 is 0. The lowest BCUT2D eigenvalue weighted by molar-refractivity contribution is 0.643. The second-order valence-corrected chi connectivity index (χ2v) is 4.29. The van der Waals surface area contributed by atoms with Crippen molar-refractivity contribution in [3.63, 3.8) is 0 Å². The number of halogens is 1. The molecule has 0 aliphatic heterocycles. The first kappa shape index (κ1) is 11.7. The highest BCUT2D eigenvalue weighted by Gasteiger charge is 1.95. The number of hydrogen-bond acceptors (Lipinski definition) is 1. The summed E-state index contributed by atoms with van der Waals surface area (Å²) in [5, 5.41) is 4.57. The van der Waals surface area contributed by atoms with Crippen molar-refractivity contribution >= 4 is 15.9 Å². The maximum Gasteiger partial charge on any atom is 0.0208 e. The summed E-state index contributed by atoms with van der Waals surface area (Å²) in [6.45, 7) is 4.27. The number of benzene rings is 1. The van der Waals surface area contributed by atoms with Crippen molar-refractivity contribution in [2.24, 2.45) is 0 Å². The molecule has 0 saturated heterocycles. The number of hydrogen-bond donors (Lipinski definition) is 1. The van der Waals surface area contributed by atoms with Crippen molar-refractivity contribution in [3.8, 4) is 0 Å². The largest absolute Gasteiger partial charge is 0.313 e. The van der Waals surface area contributed by atoms with E-state index in [1.165, 1.54) is 24.0 Å². The fourth-order valence-electron chi connectivity index (χ4n) is 1.38. The lowest BCUT2D eigenvalue weighted by Crippen LogP contribution is -2.15. The van der Waals surface area contributed by atoms with Gasteiger partial charge in [-0.1, -0.05) is 40.2 Å². The molecule has 0 bridgehead atoms. The van der Waals surface area contributed by atoms with Gasteiger partial charge in [0.2, 0.25) is 0 Å². The van der Waals surface area contributed by atoms with Gasteiger partial charge in [-0.2, -0.15) is 0 Å². The van der Waals surface area contributed by atoms with Crippen LogP contribution in [0.15, 0.2) is 24.3 Å². The fourth-order valence-corrected chi connectivity index (χ4v) is 1.77. The summed E-state index contributed by atoms with van der Waals surface area (Å²) in [6.07, 6.45) is 2.50. The van der Waals surface area contributed by atoms with Crippen LogP contribution in [0.4, 0.5) is 0 Å². The lowest BCUT2D eigenvalue weighted by atomic mass is 10.1. The first-order valence-corrected chi connectivity index (χ1v) is 6.28. The highest BCUT2D eigenvalue weighted by atomic mass is 79.9. The Kier molecular flexibility index (Phi) is 5.88. The maximum absolute atomic E-state index is 3.46. The van der Waals surface area contributed by atoms with Gasteiger partial charge >= 0.3 is 0 Å². The van der Waals surface area contributed by atoms with Crippen LogP contribution in [0.1, 0.15) is 24.0 Å². The van der Waals surface area contributed by atoms with E-state index in [0.717, 1.165) is 18.4 Å². The Balaban J connectivity index is 2.21. The fraction of sp³-hybridized carbons (Fsp3) is 0.500. The van der Waals surface area contributed by atoms with Crippen molar-refractivity contribution in [2.75, 3.05) is 11.9 Å².